The van der Waals surface area contributed by atoms with E-state index in [1.807, 2.05) is 7.05 Å². The van der Waals surface area contributed by atoms with Gasteiger partial charge in [-0.1, -0.05) is 0 Å². The second-order valence-electron chi connectivity index (χ2n) is 8.05. The van der Waals surface area contributed by atoms with Crippen LogP contribution in [-0.2, 0) is 7.05 Å². The molecule has 1 amide bonds. The van der Waals surface area contributed by atoms with Crippen LogP contribution in [-0.4, -0.2) is 56.8 Å². The highest BCUT2D eigenvalue weighted by Gasteiger charge is 2.25. The van der Waals surface area contributed by atoms with E-state index >= 15 is 0 Å². The lowest BCUT2D eigenvalue weighted by Crippen LogP contribution is -2.30. The molecule has 1 unspecified atom stereocenters. The number of fused-ring (bicyclic) bond motifs is 2. The molecule has 9 nitrogen and oxygen atoms in total. The zero-order valence-corrected chi connectivity index (χ0v) is 18.1. The van der Waals surface area contributed by atoms with Gasteiger partial charge in [0.05, 0.1) is 16.5 Å². The number of carbonyl (C=O) groups is 1. The molecule has 0 spiro atoms. The first kappa shape index (κ1) is 20.3. The van der Waals surface area contributed by atoms with Crippen LogP contribution in [0.2, 0.25) is 0 Å². The van der Waals surface area contributed by atoms with E-state index in [0.717, 1.165) is 25.3 Å². The normalized spacial score (nSPS) is 16.2. The molecule has 1 saturated heterocycles. The third kappa shape index (κ3) is 3.52. The van der Waals surface area contributed by atoms with Gasteiger partial charge in [-0.05, 0) is 32.5 Å². The topological polar surface area (TPSA) is 101 Å². The summed E-state index contributed by atoms with van der Waals surface area (Å²) in [5.74, 6) is 0.408. The van der Waals surface area contributed by atoms with E-state index < -0.39 is 11.7 Å². The van der Waals surface area contributed by atoms with Gasteiger partial charge >= 0.3 is 0 Å². The Labute approximate surface area is 183 Å². The summed E-state index contributed by atoms with van der Waals surface area (Å²) in [5, 5.41) is 11.5. The number of carbonyl (C=O) groups excluding carboxylic acids is 1. The number of aromatic nitrogens is 5. The molecule has 4 aromatic rings. The van der Waals surface area contributed by atoms with Crippen molar-refractivity contribution < 1.29 is 9.18 Å². The Kier molecular flexibility index (Phi) is 4.93. The standard InChI is InChI=1S/C22H23FN8O/c1-12-25-8-16-20(27-12)17(9-26-21(16)31-5-4-14(11-31)24-2)22(32)28-15-6-13-10-30(3)29-19(13)18(23)7-15/h6-10,14,24H,4-5,11H2,1-3H3,(H,28,32). The number of pyridine rings is 1. The van der Waals surface area contributed by atoms with E-state index in [9.17, 15) is 9.18 Å². The Morgan fingerprint density at radius 2 is 2.06 bits per heavy atom. The Morgan fingerprint density at radius 3 is 2.84 bits per heavy atom. The van der Waals surface area contributed by atoms with E-state index in [4.69, 9.17) is 0 Å². The highest BCUT2D eigenvalue weighted by molar-refractivity contribution is 6.13. The summed E-state index contributed by atoms with van der Waals surface area (Å²) in [6.07, 6.45) is 5.96. The fraction of sp³-hybridized carbons (Fsp3) is 0.318. The molecule has 10 heteroatoms. The lowest BCUT2D eigenvalue weighted by Gasteiger charge is -2.20. The van der Waals surface area contributed by atoms with E-state index in [2.05, 4.69) is 35.6 Å². The number of benzene rings is 1. The zero-order chi connectivity index (χ0) is 22.4. The van der Waals surface area contributed by atoms with Gasteiger partial charge in [0.25, 0.3) is 5.91 Å². The van der Waals surface area contributed by atoms with Gasteiger partial charge in [-0.15, -0.1) is 0 Å². The smallest absolute Gasteiger partial charge is 0.259 e. The monoisotopic (exact) mass is 434 g/mol. The first-order chi connectivity index (χ1) is 15.4. The lowest BCUT2D eigenvalue weighted by atomic mass is 10.1. The zero-order valence-electron chi connectivity index (χ0n) is 18.1. The molecule has 164 valence electrons. The highest BCUT2D eigenvalue weighted by atomic mass is 19.1. The fourth-order valence-electron chi connectivity index (χ4n) is 4.18. The van der Waals surface area contributed by atoms with Crippen LogP contribution < -0.4 is 15.5 Å². The Hall–Kier alpha value is -3.66. The third-order valence-electron chi connectivity index (χ3n) is 5.80. The van der Waals surface area contributed by atoms with Gasteiger partial charge in [0.15, 0.2) is 5.82 Å². The predicted molar refractivity (Wildman–Crippen MR) is 120 cm³/mol. The van der Waals surface area contributed by atoms with Gasteiger partial charge in [0.1, 0.15) is 17.2 Å². The van der Waals surface area contributed by atoms with Crippen molar-refractivity contribution in [1.82, 2.24) is 30.0 Å². The molecule has 0 bridgehead atoms. The number of likely N-dealkylation sites (N-methyl/N-ethyl adjacent to an activating group) is 1. The quantitative estimate of drug-likeness (QED) is 0.509. The maximum Gasteiger partial charge on any atom is 0.259 e. The van der Waals surface area contributed by atoms with E-state index in [-0.39, 0.29) is 5.52 Å². The molecule has 4 heterocycles. The first-order valence-electron chi connectivity index (χ1n) is 10.4. The van der Waals surface area contributed by atoms with Crippen molar-refractivity contribution in [2.24, 2.45) is 7.05 Å². The molecule has 1 aromatic carbocycles. The van der Waals surface area contributed by atoms with Gasteiger partial charge in [-0.25, -0.2) is 19.3 Å². The van der Waals surface area contributed by atoms with Crippen LogP contribution in [0.4, 0.5) is 15.9 Å². The van der Waals surface area contributed by atoms with Gasteiger partial charge in [0.2, 0.25) is 0 Å². The van der Waals surface area contributed by atoms with E-state index in [1.54, 1.807) is 32.4 Å². The summed E-state index contributed by atoms with van der Waals surface area (Å²) in [6.45, 7) is 3.46. The summed E-state index contributed by atoms with van der Waals surface area (Å²) in [5.41, 5.74) is 1.43. The van der Waals surface area contributed by atoms with Crippen molar-refractivity contribution in [2.75, 3.05) is 30.4 Å². The van der Waals surface area contributed by atoms with Crippen molar-refractivity contribution in [3.8, 4) is 0 Å². The molecule has 1 aliphatic heterocycles. The number of aryl methyl sites for hydroxylation is 2. The second-order valence-corrected chi connectivity index (χ2v) is 8.05. The number of rotatable bonds is 4. The lowest BCUT2D eigenvalue weighted by molar-refractivity contribution is 0.102. The van der Waals surface area contributed by atoms with Crippen molar-refractivity contribution in [2.45, 2.75) is 19.4 Å². The van der Waals surface area contributed by atoms with Crippen LogP contribution in [0, 0.1) is 12.7 Å². The summed E-state index contributed by atoms with van der Waals surface area (Å²) >= 11 is 0. The SMILES string of the molecule is CNC1CCN(c2ncc(C(=O)Nc3cc(F)c4nn(C)cc4c3)c3nc(C)ncc23)C1. The Bertz CT molecular complexity index is 1350. The molecule has 1 fully saturated rings. The number of nitrogens with one attached hydrogen (secondary N) is 2. The van der Waals surface area contributed by atoms with Crippen molar-refractivity contribution in [3.05, 3.63) is 47.9 Å². The van der Waals surface area contributed by atoms with Crippen molar-refractivity contribution >= 4 is 39.2 Å². The molecule has 0 aliphatic carbocycles. The molecule has 1 aliphatic rings. The van der Waals surface area contributed by atoms with Crippen LogP contribution in [0.15, 0.2) is 30.7 Å². The third-order valence-corrected chi connectivity index (χ3v) is 5.80. The number of hydrogen-bond acceptors (Lipinski definition) is 7. The predicted octanol–water partition coefficient (Wildman–Crippen LogP) is 2.41. The first-order valence-corrected chi connectivity index (χ1v) is 10.4. The van der Waals surface area contributed by atoms with Crippen molar-refractivity contribution in [3.63, 3.8) is 0 Å². The minimum atomic E-state index is -0.497. The van der Waals surface area contributed by atoms with Crippen LogP contribution in [0.3, 0.4) is 0 Å². The van der Waals surface area contributed by atoms with Gasteiger partial charge in [-0.2, -0.15) is 5.10 Å². The summed E-state index contributed by atoms with van der Waals surface area (Å²) in [6, 6.07) is 3.34. The molecule has 0 saturated carbocycles. The second kappa shape index (κ2) is 7.79. The Morgan fingerprint density at radius 1 is 1.22 bits per heavy atom. The van der Waals surface area contributed by atoms with Gasteiger partial charge in [0, 0.05) is 55.8 Å². The maximum absolute atomic E-state index is 14.4. The molecule has 1 atom stereocenters. The highest BCUT2D eigenvalue weighted by Crippen LogP contribution is 2.29. The van der Waals surface area contributed by atoms with Crippen LogP contribution >= 0.6 is 0 Å². The van der Waals surface area contributed by atoms with Gasteiger partial charge in [-0.3, -0.25) is 9.48 Å². The summed E-state index contributed by atoms with van der Waals surface area (Å²) < 4.78 is 16.0. The Balaban J connectivity index is 1.52. The van der Waals surface area contributed by atoms with E-state index in [1.165, 1.54) is 16.9 Å². The molecular weight excluding hydrogens is 411 g/mol. The fourth-order valence-corrected chi connectivity index (χ4v) is 4.18. The maximum atomic E-state index is 14.4. The molecule has 3 aromatic heterocycles. The molecule has 0 radical (unpaired) electrons. The van der Waals surface area contributed by atoms with Crippen LogP contribution in [0.5, 0.6) is 0 Å². The summed E-state index contributed by atoms with van der Waals surface area (Å²) in [4.78, 5) is 28.8. The minimum Gasteiger partial charge on any atom is -0.354 e. The number of hydrogen-bond donors (Lipinski definition) is 2. The largest absolute Gasteiger partial charge is 0.354 e. The minimum absolute atomic E-state index is 0.260. The molecule has 2 N–H and O–H groups in total. The number of amides is 1. The molecule has 32 heavy (non-hydrogen) atoms. The summed E-state index contributed by atoms with van der Waals surface area (Å²) in [7, 11) is 3.67. The molecular formula is C22H23FN8O. The van der Waals surface area contributed by atoms with Crippen molar-refractivity contribution in [1.29, 1.82) is 0 Å². The number of anilines is 2. The van der Waals surface area contributed by atoms with Crippen LogP contribution in [0.25, 0.3) is 21.8 Å². The average Bonchev–Trinajstić information content (AvgIpc) is 3.39. The van der Waals surface area contributed by atoms with Crippen LogP contribution in [0.1, 0.15) is 22.6 Å². The van der Waals surface area contributed by atoms with E-state index in [0.29, 0.717) is 39.4 Å². The molecule has 5 rings (SSSR count). The number of nitrogens with zero attached hydrogens (tertiary/aromatic N) is 6. The average molecular weight is 434 g/mol. The van der Waals surface area contributed by atoms with Gasteiger partial charge < -0.3 is 15.5 Å². The number of halogens is 1.